The second-order valence-electron chi connectivity index (χ2n) is 4.32. The summed E-state index contributed by atoms with van der Waals surface area (Å²) in [4.78, 5) is 0.259. The first-order valence-corrected chi connectivity index (χ1v) is 8.23. The molecule has 18 heavy (non-hydrogen) atoms. The highest BCUT2D eigenvalue weighted by Gasteiger charge is 2.28. The predicted octanol–water partition coefficient (Wildman–Crippen LogP) is 2.21. The van der Waals surface area contributed by atoms with Gasteiger partial charge in [0.25, 0.3) is 0 Å². The molecule has 0 bridgehead atoms. The molecule has 1 fully saturated rings. The highest BCUT2D eigenvalue weighted by atomic mass is 79.9. The number of hydrogen-bond acceptors (Lipinski definition) is 3. The van der Waals surface area contributed by atoms with Gasteiger partial charge >= 0.3 is 0 Å². The van der Waals surface area contributed by atoms with Crippen LogP contribution in [-0.2, 0) is 10.0 Å². The Labute approximate surface area is 120 Å². The van der Waals surface area contributed by atoms with Crippen molar-refractivity contribution in [1.29, 1.82) is 0 Å². The van der Waals surface area contributed by atoms with Crippen LogP contribution >= 0.6 is 27.5 Å². The highest BCUT2D eigenvalue weighted by molar-refractivity contribution is 9.10. The van der Waals surface area contributed by atoms with E-state index in [-0.39, 0.29) is 10.9 Å². The summed E-state index contributed by atoms with van der Waals surface area (Å²) >= 11 is 9.10. The number of nitrogens with zero attached hydrogens (tertiary/aromatic N) is 1. The highest BCUT2D eigenvalue weighted by Crippen LogP contribution is 2.27. The van der Waals surface area contributed by atoms with Crippen molar-refractivity contribution >= 4 is 37.6 Å². The minimum Gasteiger partial charge on any atom is -0.328 e. The number of hydrogen-bond donors (Lipinski definition) is 1. The Hall–Kier alpha value is -0.140. The van der Waals surface area contributed by atoms with Gasteiger partial charge in [0.2, 0.25) is 10.0 Å². The molecule has 1 heterocycles. The van der Waals surface area contributed by atoms with Gasteiger partial charge in [0.1, 0.15) is 0 Å². The van der Waals surface area contributed by atoms with Crippen molar-refractivity contribution in [1.82, 2.24) is 4.31 Å². The molecule has 2 N–H and O–H groups in total. The Morgan fingerprint density at radius 2 is 1.94 bits per heavy atom. The van der Waals surface area contributed by atoms with Crippen LogP contribution in [0.25, 0.3) is 0 Å². The van der Waals surface area contributed by atoms with E-state index in [9.17, 15) is 8.42 Å². The second-order valence-corrected chi connectivity index (χ2v) is 7.52. The summed E-state index contributed by atoms with van der Waals surface area (Å²) in [5.41, 5.74) is 5.78. The third kappa shape index (κ3) is 2.88. The second kappa shape index (κ2) is 5.46. The van der Waals surface area contributed by atoms with E-state index in [4.69, 9.17) is 17.3 Å². The van der Waals surface area contributed by atoms with Crippen LogP contribution in [-0.4, -0.2) is 31.9 Å². The molecule has 1 aromatic rings. The smallest absolute Gasteiger partial charge is 0.243 e. The minimum absolute atomic E-state index is 0.105. The molecule has 1 aliphatic heterocycles. The molecule has 0 saturated carbocycles. The molecule has 0 unspecified atom stereocenters. The van der Waals surface area contributed by atoms with Gasteiger partial charge in [-0.15, -0.1) is 0 Å². The van der Waals surface area contributed by atoms with Crippen LogP contribution < -0.4 is 5.73 Å². The SMILES string of the molecule is NC1CCN(S(=O)(=O)c2ccc(Cl)c(Br)c2)CC1. The predicted molar refractivity (Wildman–Crippen MR) is 75.1 cm³/mol. The van der Waals surface area contributed by atoms with E-state index in [2.05, 4.69) is 15.9 Å². The first kappa shape index (κ1) is 14.3. The zero-order valence-corrected chi connectivity index (χ0v) is 12.8. The molecule has 0 atom stereocenters. The first-order valence-electron chi connectivity index (χ1n) is 5.62. The van der Waals surface area contributed by atoms with Crippen molar-refractivity contribution in [2.75, 3.05) is 13.1 Å². The lowest BCUT2D eigenvalue weighted by molar-refractivity contribution is 0.320. The standard InChI is InChI=1S/C11H14BrClN2O2S/c12-10-7-9(1-2-11(10)13)18(16,17)15-5-3-8(14)4-6-15/h1-2,7-8H,3-6,14H2. The first-order chi connectivity index (χ1) is 8.41. The summed E-state index contributed by atoms with van der Waals surface area (Å²) in [6.07, 6.45) is 1.40. The Balaban J connectivity index is 2.27. The number of nitrogens with two attached hydrogens (primary N) is 1. The quantitative estimate of drug-likeness (QED) is 0.886. The average molecular weight is 354 g/mol. The third-order valence-electron chi connectivity index (χ3n) is 3.03. The van der Waals surface area contributed by atoms with Crippen LogP contribution in [0.3, 0.4) is 0 Å². The summed E-state index contributed by atoms with van der Waals surface area (Å²) < 4.78 is 26.8. The van der Waals surface area contributed by atoms with Gasteiger partial charge in [0.05, 0.1) is 9.92 Å². The van der Waals surface area contributed by atoms with Crippen molar-refractivity contribution in [3.05, 3.63) is 27.7 Å². The lowest BCUT2D eigenvalue weighted by Crippen LogP contribution is -2.42. The Morgan fingerprint density at radius 3 is 2.50 bits per heavy atom. The average Bonchev–Trinajstić information content (AvgIpc) is 2.33. The van der Waals surface area contributed by atoms with E-state index >= 15 is 0 Å². The molecule has 0 radical (unpaired) electrons. The summed E-state index contributed by atoms with van der Waals surface area (Å²) in [5.74, 6) is 0. The number of piperidine rings is 1. The zero-order valence-electron chi connectivity index (χ0n) is 9.64. The van der Waals surface area contributed by atoms with Crippen molar-refractivity contribution in [2.45, 2.75) is 23.8 Å². The van der Waals surface area contributed by atoms with E-state index in [0.29, 0.717) is 35.4 Å². The monoisotopic (exact) mass is 352 g/mol. The molecular weight excluding hydrogens is 340 g/mol. The number of halogens is 2. The Morgan fingerprint density at radius 1 is 1.33 bits per heavy atom. The normalized spacial score (nSPS) is 19.1. The maximum absolute atomic E-state index is 12.4. The largest absolute Gasteiger partial charge is 0.328 e. The molecule has 7 heteroatoms. The molecule has 4 nitrogen and oxygen atoms in total. The lowest BCUT2D eigenvalue weighted by atomic mass is 10.1. The lowest BCUT2D eigenvalue weighted by Gasteiger charge is -2.29. The van der Waals surface area contributed by atoms with Crippen molar-refractivity contribution in [2.24, 2.45) is 5.73 Å². The van der Waals surface area contributed by atoms with Crippen LogP contribution in [0.4, 0.5) is 0 Å². The molecule has 1 aliphatic rings. The maximum atomic E-state index is 12.4. The Kier molecular flexibility index (Phi) is 4.33. The molecule has 1 aromatic carbocycles. The van der Waals surface area contributed by atoms with Gasteiger partial charge in [-0.25, -0.2) is 8.42 Å². The fourth-order valence-corrected chi connectivity index (χ4v) is 4.05. The van der Waals surface area contributed by atoms with Gasteiger partial charge in [0.15, 0.2) is 0 Å². The van der Waals surface area contributed by atoms with Crippen LogP contribution in [0.15, 0.2) is 27.6 Å². The fraction of sp³-hybridized carbons (Fsp3) is 0.455. The maximum Gasteiger partial charge on any atom is 0.243 e. The van der Waals surface area contributed by atoms with Crippen LogP contribution in [0, 0.1) is 0 Å². The number of rotatable bonds is 2. The van der Waals surface area contributed by atoms with E-state index in [1.165, 1.54) is 16.4 Å². The van der Waals surface area contributed by atoms with Gasteiger partial charge in [-0.3, -0.25) is 0 Å². The summed E-state index contributed by atoms with van der Waals surface area (Å²) in [6, 6.07) is 4.74. The van der Waals surface area contributed by atoms with Crippen molar-refractivity contribution in [3.63, 3.8) is 0 Å². The molecule has 0 aromatic heterocycles. The number of sulfonamides is 1. The molecular formula is C11H14BrClN2O2S. The van der Waals surface area contributed by atoms with E-state index in [1.54, 1.807) is 6.07 Å². The zero-order chi connectivity index (χ0) is 13.3. The third-order valence-corrected chi connectivity index (χ3v) is 6.14. The summed E-state index contributed by atoms with van der Waals surface area (Å²) in [6.45, 7) is 0.952. The van der Waals surface area contributed by atoms with Crippen LogP contribution in [0.5, 0.6) is 0 Å². The van der Waals surface area contributed by atoms with E-state index < -0.39 is 10.0 Å². The molecule has 0 spiro atoms. The van der Waals surface area contributed by atoms with Crippen LogP contribution in [0.2, 0.25) is 5.02 Å². The van der Waals surface area contributed by atoms with Gasteiger partial charge < -0.3 is 5.73 Å². The van der Waals surface area contributed by atoms with Gasteiger partial charge in [-0.1, -0.05) is 11.6 Å². The van der Waals surface area contributed by atoms with Gasteiger partial charge in [0, 0.05) is 23.6 Å². The summed E-state index contributed by atoms with van der Waals surface area (Å²) in [5, 5.41) is 0.495. The van der Waals surface area contributed by atoms with Crippen LogP contribution in [0.1, 0.15) is 12.8 Å². The summed E-state index contributed by atoms with van der Waals surface area (Å²) in [7, 11) is -3.44. The van der Waals surface area contributed by atoms with Crippen molar-refractivity contribution < 1.29 is 8.42 Å². The molecule has 1 saturated heterocycles. The van der Waals surface area contributed by atoms with E-state index in [0.717, 1.165) is 0 Å². The fourth-order valence-electron chi connectivity index (χ4n) is 1.90. The van der Waals surface area contributed by atoms with E-state index in [1.807, 2.05) is 0 Å². The molecule has 0 amide bonds. The Bertz CT molecular complexity index is 542. The van der Waals surface area contributed by atoms with Gasteiger partial charge in [-0.2, -0.15) is 4.31 Å². The molecule has 100 valence electrons. The molecule has 0 aliphatic carbocycles. The molecule has 2 rings (SSSR count). The van der Waals surface area contributed by atoms with Crippen molar-refractivity contribution in [3.8, 4) is 0 Å². The van der Waals surface area contributed by atoms with Gasteiger partial charge in [-0.05, 0) is 47.0 Å². The topological polar surface area (TPSA) is 63.4 Å². The minimum atomic E-state index is -3.44. The number of benzene rings is 1.